The molecule has 0 fully saturated rings. The average Bonchev–Trinajstić information content (AvgIpc) is 3.12. The fraction of sp³-hybridized carbons (Fsp3) is 0.250. The first-order valence-electron chi connectivity index (χ1n) is 6.97. The fourth-order valence-electron chi connectivity index (χ4n) is 2.31. The lowest BCUT2D eigenvalue weighted by Crippen LogP contribution is -2.27. The van der Waals surface area contributed by atoms with E-state index in [1.54, 1.807) is 17.5 Å². The van der Waals surface area contributed by atoms with Crippen LogP contribution in [0.15, 0.2) is 42.0 Å². The number of carbonyl (C=O) groups excluding carboxylic acids is 1. The first kappa shape index (κ1) is 13.8. The lowest BCUT2D eigenvalue weighted by atomic mass is 10.2. The Morgan fingerprint density at radius 2 is 2.24 bits per heavy atom. The van der Waals surface area contributed by atoms with Gasteiger partial charge in [0.25, 0.3) is 5.91 Å². The Labute approximate surface area is 127 Å². The highest BCUT2D eigenvalue weighted by Crippen LogP contribution is 2.22. The number of aromatic nitrogens is 2. The molecule has 3 aromatic rings. The Hall–Kier alpha value is -2.14. The summed E-state index contributed by atoms with van der Waals surface area (Å²) in [6, 6.07) is 8.01. The lowest BCUT2D eigenvalue weighted by Gasteiger charge is -2.14. The summed E-state index contributed by atoms with van der Waals surface area (Å²) in [7, 11) is 0. The second kappa shape index (κ2) is 5.69. The van der Waals surface area contributed by atoms with Gasteiger partial charge in [-0.3, -0.25) is 4.79 Å². The summed E-state index contributed by atoms with van der Waals surface area (Å²) in [5.74, 6) is -0.128. The Bertz CT molecular complexity index is 761. The molecule has 0 aliphatic carbocycles. The molecule has 0 saturated heterocycles. The van der Waals surface area contributed by atoms with Crippen molar-refractivity contribution in [3.63, 3.8) is 0 Å². The zero-order chi connectivity index (χ0) is 14.8. The normalized spacial score (nSPS) is 12.5. The number of carbonyl (C=O) groups is 1. The number of aryl methyl sites for hydroxylation is 1. The van der Waals surface area contributed by atoms with Gasteiger partial charge >= 0.3 is 0 Å². The molecule has 0 aliphatic rings. The van der Waals surface area contributed by atoms with E-state index in [0.29, 0.717) is 5.69 Å². The van der Waals surface area contributed by atoms with Crippen molar-refractivity contribution < 1.29 is 4.79 Å². The highest BCUT2D eigenvalue weighted by molar-refractivity contribution is 7.10. The van der Waals surface area contributed by atoms with Gasteiger partial charge in [-0.05, 0) is 36.4 Å². The molecule has 5 heteroatoms. The van der Waals surface area contributed by atoms with Crippen molar-refractivity contribution in [1.29, 1.82) is 0 Å². The average molecular weight is 299 g/mol. The van der Waals surface area contributed by atoms with Crippen LogP contribution in [-0.4, -0.2) is 15.3 Å². The number of rotatable bonds is 4. The summed E-state index contributed by atoms with van der Waals surface area (Å²) in [6.07, 6.45) is 4.60. The van der Waals surface area contributed by atoms with E-state index in [0.717, 1.165) is 17.6 Å². The van der Waals surface area contributed by atoms with Crippen LogP contribution in [0.1, 0.15) is 40.3 Å². The predicted octanol–water partition coefficient (Wildman–Crippen LogP) is 3.59. The Morgan fingerprint density at radius 3 is 2.95 bits per heavy atom. The van der Waals surface area contributed by atoms with Crippen LogP contribution in [0.25, 0.3) is 5.65 Å². The van der Waals surface area contributed by atoms with Gasteiger partial charge in [-0.2, -0.15) is 0 Å². The number of pyridine rings is 1. The molecule has 0 unspecified atom stereocenters. The Kier molecular flexibility index (Phi) is 3.75. The molecule has 0 saturated carbocycles. The number of thiophene rings is 1. The maximum Gasteiger partial charge on any atom is 0.272 e. The summed E-state index contributed by atoms with van der Waals surface area (Å²) in [5, 5.41) is 5.08. The third-order valence-electron chi connectivity index (χ3n) is 3.43. The molecule has 4 nitrogen and oxygen atoms in total. The van der Waals surface area contributed by atoms with E-state index in [1.165, 1.54) is 4.88 Å². The van der Waals surface area contributed by atoms with E-state index in [1.807, 2.05) is 47.2 Å². The van der Waals surface area contributed by atoms with Crippen molar-refractivity contribution in [2.45, 2.75) is 26.3 Å². The molecular weight excluding hydrogens is 282 g/mol. The topological polar surface area (TPSA) is 46.4 Å². The summed E-state index contributed by atoms with van der Waals surface area (Å²) < 4.78 is 1.89. The van der Waals surface area contributed by atoms with Gasteiger partial charge in [-0.1, -0.05) is 19.1 Å². The van der Waals surface area contributed by atoms with Gasteiger partial charge in [0.05, 0.1) is 6.04 Å². The number of amides is 1. The van der Waals surface area contributed by atoms with Crippen LogP contribution in [-0.2, 0) is 0 Å². The monoisotopic (exact) mass is 299 g/mol. The molecule has 0 bridgehead atoms. The summed E-state index contributed by atoms with van der Waals surface area (Å²) in [5.41, 5.74) is 2.38. The minimum absolute atomic E-state index is 0.0454. The molecule has 3 heterocycles. The van der Waals surface area contributed by atoms with Crippen LogP contribution in [0.3, 0.4) is 0 Å². The predicted molar refractivity (Wildman–Crippen MR) is 84.7 cm³/mol. The lowest BCUT2D eigenvalue weighted by molar-refractivity contribution is 0.0932. The van der Waals surface area contributed by atoms with Crippen molar-refractivity contribution in [2.24, 2.45) is 0 Å². The van der Waals surface area contributed by atoms with Gasteiger partial charge in [-0.15, -0.1) is 11.3 Å². The molecule has 0 aromatic carbocycles. The van der Waals surface area contributed by atoms with Crippen molar-refractivity contribution in [3.05, 3.63) is 58.2 Å². The molecule has 3 aromatic heterocycles. The van der Waals surface area contributed by atoms with E-state index in [2.05, 4.69) is 17.2 Å². The molecule has 1 N–H and O–H groups in total. The number of hydrogen-bond donors (Lipinski definition) is 1. The van der Waals surface area contributed by atoms with E-state index in [9.17, 15) is 4.79 Å². The van der Waals surface area contributed by atoms with Crippen LogP contribution in [0.4, 0.5) is 0 Å². The largest absolute Gasteiger partial charge is 0.343 e. The highest BCUT2D eigenvalue weighted by atomic mass is 32.1. The zero-order valence-corrected chi connectivity index (χ0v) is 12.9. The third-order valence-corrected chi connectivity index (χ3v) is 4.42. The van der Waals surface area contributed by atoms with Crippen LogP contribution in [0.5, 0.6) is 0 Å². The van der Waals surface area contributed by atoms with E-state index >= 15 is 0 Å². The summed E-state index contributed by atoms with van der Waals surface area (Å²) >= 11 is 1.66. The van der Waals surface area contributed by atoms with E-state index in [4.69, 9.17) is 0 Å². The second-order valence-corrected chi connectivity index (χ2v) is 6.03. The standard InChI is InChI=1S/C16H17N3OS/c1-3-12(14-5-4-8-21-14)18-16(20)13-10-19-9-11(2)6-7-15(19)17-13/h4-10,12H,3H2,1-2H3,(H,18,20)/t12-/m1/s1. The molecule has 1 amide bonds. The quantitative estimate of drug-likeness (QED) is 0.800. The maximum absolute atomic E-state index is 12.4. The third kappa shape index (κ3) is 2.83. The van der Waals surface area contributed by atoms with Gasteiger partial charge in [0.15, 0.2) is 0 Å². The van der Waals surface area contributed by atoms with E-state index < -0.39 is 0 Å². The minimum atomic E-state index is -0.128. The molecule has 108 valence electrons. The fourth-order valence-corrected chi connectivity index (χ4v) is 3.17. The Balaban J connectivity index is 1.83. The molecule has 0 spiro atoms. The van der Waals surface area contributed by atoms with E-state index in [-0.39, 0.29) is 11.9 Å². The number of hydrogen-bond acceptors (Lipinski definition) is 3. The van der Waals surface area contributed by atoms with Crippen LogP contribution >= 0.6 is 11.3 Å². The molecule has 21 heavy (non-hydrogen) atoms. The van der Waals surface area contributed by atoms with Crippen molar-refractivity contribution in [1.82, 2.24) is 14.7 Å². The summed E-state index contributed by atoms with van der Waals surface area (Å²) in [6.45, 7) is 4.08. The zero-order valence-electron chi connectivity index (χ0n) is 12.0. The summed E-state index contributed by atoms with van der Waals surface area (Å²) in [4.78, 5) is 17.9. The molecule has 0 radical (unpaired) electrons. The van der Waals surface area contributed by atoms with Gasteiger partial charge in [-0.25, -0.2) is 4.98 Å². The van der Waals surface area contributed by atoms with Crippen LogP contribution in [0.2, 0.25) is 0 Å². The Morgan fingerprint density at radius 1 is 1.38 bits per heavy atom. The SMILES string of the molecule is CC[C@@H](NC(=O)c1cn2cc(C)ccc2n1)c1cccs1. The molecule has 1 atom stereocenters. The first-order valence-corrected chi connectivity index (χ1v) is 7.85. The van der Waals surface area contributed by atoms with Gasteiger partial charge < -0.3 is 9.72 Å². The van der Waals surface area contributed by atoms with Gasteiger partial charge in [0, 0.05) is 17.3 Å². The van der Waals surface area contributed by atoms with Crippen LogP contribution < -0.4 is 5.32 Å². The second-order valence-electron chi connectivity index (χ2n) is 5.05. The first-order chi connectivity index (χ1) is 10.2. The molecular formula is C16H17N3OS. The van der Waals surface area contributed by atoms with Crippen molar-refractivity contribution in [3.8, 4) is 0 Å². The number of nitrogens with one attached hydrogen (secondary N) is 1. The van der Waals surface area contributed by atoms with Gasteiger partial charge in [0.2, 0.25) is 0 Å². The van der Waals surface area contributed by atoms with Crippen molar-refractivity contribution in [2.75, 3.05) is 0 Å². The highest BCUT2D eigenvalue weighted by Gasteiger charge is 2.17. The maximum atomic E-state index is 12.4. The number of imidazole rings is 1. The van der Waals surface area contributed by atoms with Crippen LogP contribution in [0, 0.1) is 6.92 Å². The van der Waals surface area contributed by atoms with Crippen molar-refractivity contribution >= 4 is 22.9 Å². The molecule has 0 aliphatic heterocycles. The molecule has 3 rings (SSSR count). The van der Waals surface area contributed by atoms with Gasteiger partial charge in [0.1, 0.15) is 11.3 Å². The number of nitrogens with zero attached hydrogens (tertiary/aromatic N) is 2. The number of fused-ring (bicyclic) bond motifs is 1. The minimum Gasteiger partial charge on any atom is -0.343 e. The smallest absolute Gasteiger partial charge is 0.272 e.